The molecule has 0 spiro atoms. The van der Waals surface area contributed by atoms with Crippen LogP contribution in [0, 0.1) is 18.6 Å². The molecular formula is C25H20F5N3O5S2. The van der Waals surface area contributed by atoms with Crippen LogP contribution in [0.1, 0.15) is 16.7 Å². The van der Waals surface area contributed by atoms with Gasteiger partial charge in [-0.1, -0.05) is 0 Å². The minimum atomic E-state index is -4.80. The first kappa shape index (κ1) is 29.0. The van der Waals surface area contributed by atoms with E-state index in [-0.39, 0.29) is 16.4 Å². The third-order valence-electron chi connectivity index (χ3n) is 5.53. The maximum absolute atomic E-state index is 15.3. The topological polar surface area (TPSA) is 90.9 Å². The van der Waals surface area contributed by atoms with E-state index < -0.39 is 56.3 Å². The molecule has 4 aromatic rings. The van der Waals surface area contributed by atoms with Crippen molar-refractivity contribution in [1.29, 1.82) is 0 Å². The zero-order valence-electron chi connectivity index (χ0n) is 21.0. The van der Waals surface area contributed by atoms with E-state index in [2.05, 4.69) is 9.36 Å². The summed E-state index contributed by atoms with van der Waals surface area (Å²) in [5, 5.41) is -0.141. The monoisotopic (exact) mass is 601 g/mol. The van der Waals surface area contributed by atoms with Gasteiger partial charge < -0.3 is 14.2 Å². The van der Waals surface area contributed by atoms with Crippen LogP contribution < -0.4 is 18.5 Å². The molecule has 0 amide bonds. The van der Waals surface area contributed by atoms with E-state index in [0.717, 1.165) is 16.7 Å². The summed E-state index contributed by atoms with van der Waals surface area (Å²) < 4.78 is 117. The van der Waals surface area contributed by atoms with Gasteiger partial charge in [-0.15, -0.1) is 0 Å². The van der Waals surface area contributed by atoms with Crippen LogP contribution in [0.2, 0.25) is 0 Å². The first-order valence-corrected chi connectivity index (χ1v) is 13.4. The molecule has 0 aliphatic rings. The Morgan fingerprint density at radius 1 is 0.925 bits per heavy atom. The Labute approximate surface area is 229 Å². The first-order chi connectivity index (χ1) is 18.8. The van der Waals surface area contributed by atoms with Gasteiger partial charge in [0, 0.05) is 35.3 Å². The summed E-state index contributed by atoms with van der Waals surface area (Å²) in [6.07, 6.45) is -3.61. The van der Waals surface area contributed by atoms with Crippen LogP contribution in [-0.2, 0) is 22.7 Å². The predicted molar refractivity (Wildman–Crippen MR) is 135 cm³/mol. The number of methoxy groups -OCH3 is 2. The number of hydrogen-bond acceptors (Lipinski definition) is 8. The molecule has 8 nitrogen and oxygen atoms in total. The first-order valence-electron chi connectivity index (χ1n) is 11.2. The summed E-state index contributed by atoms with van der Waals surface area (Å²) in [6, 6.07) is 8.12. The van der Waals surface area contributed by atoms with E-state index in [9.17, 15) is 21.6 Å². The van der Waals surface area contributed by atoms with E-state index in [1.54, 1.807) is 6.07 Å². The Bertz CT molecular complexity index is 1630. The zero-order chi connectivity index (χ0) is 29.2. The Morgan fingerprint density at radius 2 is 1.68 bits per heavy atom. The summed E-state index contributed by atoms with van der Waals surface area (Å²) in [4.78, 5) is 2.86. The summed E-state index contributed by atoms with van der Waals surface area (Å²) in [5.41, 5.74) is -0.543. The molecule has 3 aromatic carbocycles. The second-order valence-electron chi connectivity index (χ2n) is 8.26. The summed E-state index contributed by atoms with van der Waals surface area (Å²) >= 11 is 0.700. The van der Waals surface area contributed by atoms with Gasteiger partial charge in [0.25, 0.3) is 10.0 Å². The zero-order valence-corrected chi connectivity index (χ0v) is 22.6. The van der Waals surface area contributed by atoms with Crippen LogP contribution in [0.25, 0.3) is 0 Å². The smallest absolute Gasteiger partial charge is 0.416 e. The third-order valence-corrected chi connectivity index (χ3v) is 8.09. The Hall–Kier alpha value is -3.98. The molecule has 0 fully saturated rings. The fourth-order valence-corrected chi connectivity index (χ4v) is 5.86. The molecule has 40 heavy (non-hydrogen) atoms. The number of aromatic nitrogens is 2. The normalized spacial score (nSPS) is 11.8. The van der Waals surface area contributed by atoms with Crippen molar-refractivity contribution in [3.8, 4) is 23.0 Å². The lowest BCUT2D eigenvalue weighted by Gasteiger charge is -2.23. The maximum Gasteiger partial charge on any atom is 0.416 e. The van der Waals surface area contributed by atoms with Crippen molar-refractivity contribution in [3.63, 3.8) is 0 Å². The fourth-order valence-electron chi connectivity index (χ4n) is 3.67. The van der Waals surface area contributed by atoms with E-state index >= 15 is 8.78 Å². The minimum Gasteiger partial charge on any atom is -0.497 e. The van der Waals surface area contributed by atoms with Crippen molar-refractivity contribution in [2.24, 2.45) is 0 Å². The number of ether oxygens (including phenoxy) is 3. The number of benzene rings is 3. The largest absolute Gasteiger partial charge is 0.497 e. The molecule has 1 aromatic heterocycles. The molecule has 0 saturated carbocycles. The average Bonchev–Trinajstić information content (AvgIpc) is 3.42. The van der Waals surface area contributed by atoms with Crippen molar-refractivity contribution in [2.75, 3.05) is 18.5 Å². The molecular weight excluding hydrogens is 581 g/mol. The average molecular weight is 602 g/mol. The molecule has 0 bridgehead atoms. The lowest BCUT2D eigenvalue weighted by molar-refractivity contribution is -0.137. The molecule has 0 aliphatic carbocycles. The summed E-state index contributed by atoms with van der Waals surface area (Å²) in [7, 11) is -2.00. The van der Waals surface area contributed by atoms with Crippen molar-refractivity contribution in [2.45, 2.75) is 24.5 Å². The Balaban J connectivity index is 1.73. The highest BCUT2D eigenvalue weighted by Crippen LogP contribution is 2.37. The van der Waals surface area contributed by atoms with Crippen LogP contribution in [0.3, 0.4) is 0 Å². The highest BCUT2D eigenvalue weighted by molar-refractivity contribution is 7.93. The van der Waals surface area contributed by atoms with Gasteiger partial charge in [-0.2, -0.15) is 17.5 Å². The Morgan fingerprint density at radius 3 is 2.30 bits per heavy atom. The van der Waals surface area contributed by atoms with Crippen LogP contribution in [0.4, 0.5) is 27.1 Å². The standard InChI is InChI=1S/C25H20F5N3O5S2/c1-14-6-16(25(28,29)30)8-18(7-14)38-22-10-20(27)23(11-19(22)26)40(34,35)33(24-31-13-32-39-24)12-15-4-5-17(36-2)9-21(15)37-3/h4-11,13H,12H2,1-3H3. The SMILES string of the molecule is COc1ccc(CN(c2ncns2)S(=O)(=O)c2cc(F)c(Oc3cc(C)cc(C(F)(F)F)c3)cc2F)c(OC)c1. The van der Waals surface area contributed by atoms with Gasteiger partial charge in [0.15, 0.2) is 11.6 Å². The van der Waals surface area contributed by atoms with Crippen molar-refractivity contribution < 1.29 is 44.6 Å². The molecule has 1 heterocycles. The quantitative estimate of drug-likeness (QED) is 0.207. The highest BCUT2D eigenvalue weighted by atomic mass is 32.2. The summed E-state index contributed by atoms with van der Waals surface area (Å²) in [6.45, 7) is 0.974. The van der Waals surface area contributed by atoms with Gasteiger partial charge in [-0.3, -0.25) is 0 Å². The second-order valence-corrected chi connectivity index (χ2v) is 10.9. The fraction of sp³-hybridized carbons (Fsp3) is 0.200. The van der Waals surface area contributed by atoms with Gasteiger partial charge in [-0.25, -0.2) is 26.5 Å². The summed E-state index contributed by atoms with van der Waals surface area (Å²) in [5.74, 6) is -3.26. The van der Waals surface area contributed by atoms with E-state index in [0.29, 0.717) is 41.0 Å². The van der Waals surface area contributed by atoms with Crippen LogP contribution in [-0.4, -0.2) is 32.0 Å². The molecule has 0 radical (unpaired) electrons. The number of aryl methyl sites for hydroxylation is 1. The third kappa shape index (κ3) is 6.09. The van der Waals surface area contributed by atoms with Gasteiger partial charge in [0.05, 0.1) is 26.3 Å². The maximum atomic E-state index is 15.3. The number of rotatable bonds is 9. The molecule has 4 rings (SSSR count). The Kier molecular flexibility index (Phi) is 8.16. The molecule has 0 unspecified atom stereocenters. The predicted octanol–water partition coefficient (Wildman–Crippen LogP) is 6.35. The number of anilines is 1. The molecule has 15 heteroatoms. The van der Waals surface area contributed by atoms with Crippen molar-refractivity contribution in [1.82, 2.24) is 9.36 Å². The molecule has 0 saturated heterocycles. The number of alkyl halides is 3. The van der Waals surface area contributed by atoms with E-state index in [1.807, 2.05) is 0 Å². The molecule has 0 atom stereocenters. The molecule has 0 aliphatic heterocycles. The van der Waals surface area contributed by atoms with Gasteiger partial charge >= 0.3 is 6.18 Å². The van der Waals surface area contributed by atoms with Crippen molar-refractivity contribution in [3.05, 3.63) is 83.2 Å². The number of halogens is 5. The van der Waals surface area contributed by atoms with Crippen molar-refractivity contribution >= 4 is 26.7 Å². The lowest BCUT2D eigenvalue weighted by Crippen LogP contribution is -2.31. The van der Waals surface area contributed by atoms with E-state index in [4.69, 9.17) is 14.2 Å². The second kappa shape index (κ2) is 11.3. The minimum absolute atomic E-state index is 0.141. The highest BCUT2D eigenvalue weighted by Gasteiger charge is 2.33. The number of sulfonamides is 1. The molecule has 212 valence electrons. The van der Waals surface area contributed by atoms with Crippen LogP contribution >= 0.6 is 11.5 Å². The van der Waals surface area contributed by atoms with E-state index in [1.165, 1.54) is 39.3 Å². The van der Waals surface area contributed by atoms with Crippen LogP contribution in [0.5, 0.6) is 23.0 Å². The number of hydrogen-bond donors (Lipinski definition) is 0. The van der Waals surface area contributed by atoms with Gasteiger partial charge in [0.2, 0.25) is 5.13 Å². The lowest BCUT2D eigenvalue weighted by atomic mass is 10.1. The number of nitrogens with zero attached hydrogens (tertiary/aromatic N) is 3. The van der Waals surface area contributed by atoms with Gasteiger partial charge in [-0.05, 0) is 42.8 Å². The molecule has 0 N–H and O–H groups in total. The van der Waals surface area contributed by atoms with Gasteiger partial charge in [0.1, 0.15) is 34.3 Å². The van der Waals surface area contributed by atoms with Crippen LogP contribution in [0.15, 0.2) is 59.8 Å².